The Morgan fingerprint density at radius 3 is 2.48 bits per heavy atom. The van der Waals surface area contributed by atoms with Crippen LogP contribution < -0.4 is 4.74 Å². The topological polar surface area (TPSA) is 103 Å². The van der Waals surface area contributed by atoms with Gasteiger partial charge in [-0.3, -0.25) is 0 Å². The van der Waals surface area contributed by atoms with Gasteiger partial charge in [-0.25, -0.2) is 4.39 Å². The average Bonchev–Trinajstić information content (AvgIpc) is 2.69. The Hall–Kier alpha value is -1.43. The zero-order valence-electron chi connectivity index (χ0n) is 14.7. The number of nitriles is 1. The van der Waals surface area contributed by atoms with Gasteiger partial charge in [0.25, 0.3) is 0 Å². The number of nitrogens with zero attached hydrogens (tertiary/aromatic N) is 1. The molecule has 1 heterocycles. The van der Waals surface area contributed by atoms with Crippen molar-refractivity contribution in [3.63, 3.8) is 0 Å². The van der Waals surface area contributed by atoms with E-state index in [4.69, 9.17) is 26.3 Å². The molecule has 3 N–H and O–H groups in total. The van der Waals surface area contributed by atoms with E-state index in [1.54, 1.807) is 18.2 Å². The molecule has 1 saturated heterocycles. The van der Waals surface area contributed by atoms with Gasteiger partial charge in [-0.05, 0) is 43.4 Å². The van der Waals surface area contributed by atoms with E-state index < -0.39 is 37.2 Å². The van der Waals surface area contributed by atoms with Crippen molar-refractivity contribution in [2.45, 2.75) is 62.3 Å². The number of aliphatic hydroxyl groups is 3. The van der Waals surface area contributed by atoms with E-state index in [2.05, 4.69) is 6.07 Å². The fourth-order valence-corrected chi connectivity index (χ4v) is 3.79. The molecule has 0 bridgehead atoms. The molecule has 0 aromatic heterocycles. The lowest BCUT2D eigenvalue weighted by molar-refractivity contribution is -0.227. The minimum atomic E-state index is -1.52. The summed E-state index contributed by atoms with van der Waals surface area (Å²) >= 11 is 6.22. The molecule has 1 aromatic carbocycles. The van der Waals surface area contributed by atoms with E-state index in [-0.39, 0.29) is 12.0 Å². The molecule has 148 valence electrons. The standard InChI is InChI=1S/C19H23ClFNO5/c20-13-6-3-11(19-18(25)17(24)16(23)15(8-21)27-19)7-14(13)26-12-4-1-10(9-22)2-5-12/h3,6-7,10,12,15-19,23-25H,1-2,4-5,8H2/t10?,12?,15-,16-,17+,18-,19+/m1/s1. The number of aliphatic hydroxyl groups excluding tert-OH is 3. The lowest BCUT2D eigenvalue weighted by atomic mass is 9.88. The van der Waals surface area contributed by atoms with Gasteiger partial charge in [0.05, 0.1) is 17.2 Å². The van der Waals surface area contributed by atoms with Crippen LogP contribution in [0.1, 0.15) is 37.4 Å². The number of hydrogen-bond donors (Lipinski definition) is 3. The molecular weight excluding hydrogens is 377 g/mol. The molecule has 27 heavy (non-hydrogen) atoms. The first-order valence-electron chi connectivity index (χ1n) is 9.06. The van der Waals surface area contributed by atoms with Gasteiger partial charge in [0, 0.05) is 5.92 Å². The Morgan fingerprint density at radius 1 is 1.15 bits per heavy atom. The molecule has 5 atom stereocenters. The smallest absolute Gasteiger partial charge is 0.138 e. The van der Waals surface area contributed by atoms with E-state index in [0.29, 0.717) is 16.3 Å². The van der Waals surface area contributed by atoms with Gasteiger partial charge in [0.1, 0.15) is 42.9 Å². The summed E-state index contributed by atoms with van der Waals surface area (Å²) in [6, 6.07) is 7.07. The van der Waals surface area contributed by atoms with Crippen molar-refractivity contribution in [3.05, 3.63) is 28.8 Å². The molecule has 8 heteroatoms. The fourth-order valence-electron chi connectivity index (χ4n) is 3.63. The van der Waals surface area contributed by atoms with Crippen LogP contribution in [0.4, 0.5) is 4.39 Å². The SMILES string of the molecule is N#CC1CCC(Oc2cc([C@@H]3O[C@H](CF)[C@@H](O)[C@H](O)[C@H]3O)ccc2Cl)CC1. The van der Waals surface area contributed by atoms with Crippen LogP contribution in [-0.2, 0) is 4.74 Å². The highest BCUT2D eigenvalue weighted by molar-refractivity contribution is 6.32. The maximum atomic E-state index is 13.1. The summed E-state index contributed by atoms with van der Waals surface area (Å²) in [6.45, 7) is -0.986. The van der Waals surface area contributed by atoms with Gasteiger partial charge in [0.2, 0.25) is 0 Å². The Bertz CT molecular complexity index is 689. The molecule has 1 aliphatic carbocycles. The highest BCUT2D eigenvalue weighted by atomic mass is 35.5. The van der Waals surface area contributed by atoms with Crippen LogP contribution in [0.25, 0.3) is 0 Å². The summed E-state index contributed by atoms with van der Waals surface area (Å²) < 4.78 is 24.5. The highest BCUT2D eigenvalue weighted by Crippen LogP contribution is 2.37. The molecule has 1 saturated carbocycles. The number of hydrogen-bond acceptors (Lipinski definition) is 6. The van der Waals surface area contributed by atoms with Gasteiger partial charge < -0.3 is 24.8 Å². The van der Waals surface area contributed by atoms with E-state index in [0.717, 1.165) is 25.7 Å². The lowest BCUT2D eigenvalue weighted by Crippen LogP contribution is -2.54. The van der Waals surface area contributed by atoms with Crippen molar-refractivity contribution < 1.29 is 29.2 Å². The normalized spacial score (nSPS) is 36.8. The fraction of sp³-hybridized carbons (Fsp3) is 0.632. The Labute approximate surface area is 162 Å². The number of alkyl halides is 1. The second-order valence-corrected chi connectivity index (χ2v) is 7.54. The molecule has 0 amide bonds. The van der Waals surface area contributed by atoms with Crippen LogP contribution in [0.2, 0.25) is 5.02 Å². The van der Waals surface area contributed by atoms with Gasteiger partial charge in [0.15, 0.2) is 0 Å². The monoisotopic (exact) mass is 399 g/mol. The summed E-state index contributed by atoms with van der Waals surface area (Å²) in [5.74, 6) is 0.464. The maximum Gasteiger partial charge on any atom is 0.138 e. The number of rotatable bonds is 4. The predicted molar refractivity (Wildman–Crippen MR) is 95.0 cm³/mol. The molecule has 1 aromatic rings. The van der Waals surface area contributed by atoms with E-state index in [1.165, 1.54) is 0 Å². The largest absolute Gasteiger partial charge is 0.489 e. The molecule has 0 radical (unpaired) electrons. The summed E-state index contributed by atoms with van der Waals surface area (Å²) in [6.07, 6.45) is -3.71. The first-order valence-corrected chi connectivity index (χ1v) is 9.43. The Balaban J connectivity index is 1.76. The van der Waals surface area contributed by atoms with Gasteiger partial charge in [-0.2, -0.15) is 5.26 Å². The first-order chi connectivity index (χ1) is 12.9. The average molecular weight is 400 g/mol. The van der Waals surface area contributed by atoms with Crippen LogP contribution >= 0.6 is 11.6 Å². The van der Waals surface area contributed by atoms with Crippen LogP contribution in [0.3, 0.4) is 0 Å². The summed E-state index contributed by atoms with van der Waals surface area (Å²) in [5, 5.41) is 39.4. The van der Waals surface area contributed by atoms with Crippen LogP contribution in [0.5, 0.6) is 5.75 Å². The molecule has 1 aliphatic heterocycles. The Morgan fingerprint density at radius 2 is 1.85 bits per heavy atom. The molecule has 2 fully saturated rings. The van der Waals surface area contributed by atoms with Gasteiger partial charge >= 0.3 is 0 Å². The second-order valence-electron chi connectivity index (χ2n) is 7.13. The summed E-state index contributed by atoms with van der Waals surface area (Å²) in [5.41, 5.74) is 0.469. The molecule has 6 nitrogen and oxygen atoms in total. The number of benzene rings is 1. The van der Waals surface area contributed by atoms with Crippen molar-refractivity contribution in [1.29, 1.82) is 5.26 Å². The van der Waals surface area contributed by atoms with Gasteiger partial charge in [-0.1, -0.05) is 17.7 Å². The third-order valence-corrected chi connectivity index (χ3v) is 5.61. The zero-order valence-corrected chi connectivity index (χ0v) is 15.4. The minimum Gasteiger partial charge on any atom is -0.489 e. The molecule has 0 spiro atoms. The van der Waals surface area contributed by atoms with Crippen molar-refractivity contribution in [1.82, 2.24) is 0 Å². The van der Waals surface area contributed by atoms with Crippen molar-refractivity contribution in [3.8, 4) is 11.8 Å². The predicted octanol–water partition coefficient (Wildman–Crippen LogP) is 2.29. The van der Waals surface area contributed by atoms with Crippen molar-refractivity contribution >= 4 is 11.6 Å². The quantitative estimate of drug-likeness (QED) is 0.717. The molecule has 2 aliphatic rings. The third kappa shape index (κ3) is 4.36. The van der Waals surface area contributed by atoms with E-state index in [1.807, 2.05) is 0 Å². The lowest BCUT2D eigenvalue weighted by Gasteiger charge is -2.40. The molecule has 3 rings (SSSR count). The molecule has 0 unspecified atom stereocenters. The maximum absolute atomic E-state index is 13.1. The summed E-state index contributed by atoms with van der Waals surface area (Å²) in [7, 11) is 0. The summed E-state index contributed by atoms with van der Waals surface area (Å²) in [4.78, 5) is 0. The van der Waals surface area contributed by atoms with Gasteiger partial charge in [-0.15, -0.1) is 0 Å². The zero-order chi connectivity index (χ0) is 19.6. The first kappa shape index (κ1) is 20.3. The van der Waals surface area contributed by atoms with E-state index >= 15 is 0 Å². The van der Waals surface area contributed by atoms with Crippen LogP contribution in [0, 0.1) is 17.2 Å². The van der Waals surface area contributed by atoms with Crippen molar-refractivity contribution in [2.75, 3.05) is 6.67 Å². The number of ether oxygens (including phenoxy) is 2. The Kier molecular flexibility index (Phi) is 6.56. The molecular formula is C19H23ClFNO5. The second kappa shape index (κ2) is 8.72. The minimum absolute atomic E-state index is 0.0583. The van der Waals surface area contributed by atoms with Crippen LogP contribution in [-0.4, -0.2) is 52.5 Å². The third-order valence-electron chi connectivity index (χ3n) is 5.30. The number of halogens is 2. The van der Waals surface area contributed by atoms with Crippen LogP contribution in [0.15, 0.2) is 18.2 Å². The van der Waals surface area contributed by atoms with E-state index in [9.17, 15) is 19.7 Å². The van der Waals surface area contributed by atoms with Crippen molar-refractivity contribution in [2.24, 2.45) is 5.92 Å². The highest BCUT2D eigenvalue weighted by Gasteiger charge is 2.44.